The summed E-state index contributed by atoms with van der Waals surface area (Å²) in [7, 11) is 0. The van der Waals surface area contributed by atoms with Gasteiger partial charge in [-0.05, 0) is 12.1 Å². The van der Waals surface area contributed by atoms with Crippen molar-refractivity contribution in [1.82, 2.24) is 15.3 Å². The van der Waals surface area contributed by atoms with E-state index < -0.39 is 0 Å². The van der Waals surface area contributed by atoms with Crippen LogP contribution in [0.5, 0.6) is 0 Å². The van der Waals surface area contributed by atoms with Crippen LogP contribution in [0.15, 0.2) is 23.7 Å². The van der Waals surface area contributed by atoms with Gasteiger partial charge in [0.05, 0.1) is 10.6 Å². The van der Waals surface area contributed by atoms with Crippen LogP contribution in [0.3, 0.4) is 0 Å². The molecule has 0 bridgehead atoms. The quantitative estimate of drug-likeness (QED) is 0.880. The third kappa shape index (κ3) is 3.65. The van der Waals surface area contributed by atoms with Gasteiger partial charge in [0.15, 0.2) is 0 Å². The van der Waals surface area contributed by atoms with Gasteiger partial charge < -0.3 is 5.32 Å². The number of carbonyl (C=O) groups is 1. The van der Waals surface area contributed by atoms with E-state index in [1.165, 1.54) is 6.07 Å². The molecule has 1 atom stereocenters. The molecule has 0 saturated heterocycles. The highest BCUT2D eigenvalue weighted by Crippen LogP contribution is 2.18. The second-order valence-corrected chi connectivity index (χ2v) is 5.63. The summed E-state index contributed by atoms with van der Waals surface area (Å²) in [6, 6.07) is 3.09. The maximum Gasteiger partial charge on any atom is 0.254 e. The Morgan fingerprint density at radius 3 is 2.89 bits per heavy atom. The van der Waals surface area contributed by atoms with Gasteiger partial charge in [0, 0.05) is 24.0 Å². The Labute approximate surface area is 124 Å². The van der Waals surface area contributed by atoms with Gasteiger partial charge in [-0.1, -0.05) is 30.1 Å². The summed E-state index contributed by atoms with van der Waals surface area (Å²) in [4.78, 5) is 20.0. The van der Waals surface area contributed by atoms with Crippen molar-refractivity contribution in [2.45, 2.75) is 12.8 Å². The first-order valence-electron chi connectivity index (χ1n) is 5.57. The molecule has 2 aromatic rings. The first kappa shape index (κ1) is 14.2. The van der Waals surface area contributed by atoms with E-state index in [0.717, 1.165) is 5.01 Å². The van der Waals surface area contributed by atoms with E-state index in [2.05, 4.69) is 15.3 Å². The average molecular weight is 316 g/mol. The molecule has 2 aromatic heterocycles. The lowest BCUT2D eigenvalue weighted by molar-refractivity contribution is 0.0951. The molecule has 19 heavy (non-hydrogen) atoms. The van der Waals surface area contributed by atoms with E-state index in [-0.39, 0.29) is 22.1 Å². The van der Waals surface area contributed by atoms with Gasteiger partial charge in [-0.2, -0.15) is 0 Å². The molecule has 7 heteroatoms. The predicted octanol–water partition coefficient (Wildman–Crippen LogP) is 3.38. The van der Waals surface area contributed by atoms with Gasteiger partial charge in [-0.15, -0.1) is 11.3 Å². The van der Waals surface area contributed by atoms with Gasteiger partial charge in [0.1, 0.15) is 10.3 Å². The van der Waals surface area contributed by atoms with Crippen LogP contribution in [0.4, 0.5) is 0 Å². The van der Waals surface area contributed by atoms with Gasteiger partial charge >= 0.3 is 0 Å². The van der Waals surface area contributed by atoms with Crippen molar-refractivity contribution in [1.29, 1.82) is 0 Å². The number of pyridine rings is 1. The molecule has 1 unspecified atom stereocenters. The van der Waals surface area contributed by atoms with E-state index in [1.807, 2.05) is 12.3 Å². The predicted molar refractivity (Wildman–Crippen MR) is 77.1 cm³/mol. The smallest absolute Gasteiger partial charge is 0.254 e. The lowest BCUT2D eigenvalue weighted by atomic mass is 10.2. The lowest BCUT2D eigenvalue weighted by Gasteiger charge is -2.10. The number of hydrogen-bond donors (Lipinski definition) is 1. The second-order valence-electron chi connectivity index (χ2n) is 3.95. The molecule has 2 heterocycles. The van der Waals surface area contributed by atoms with Crippen molar-refractivity contribution in [3.63, 3.8) is 0 Å². The van der Waals surface area contributed by atoms with E-state index in [4.69, 9.17) is 23.2 Å². The number of thiazole rings is 1. The highest BCUT2D eigenvalue weighted by atomic mass is 35.5. The maximum atomic E-state index is 12.0. The van der Waals surface area contributed by atoms with Crippen LogP contribution in [-0.4, -0.2) is 22.4 Å². The van der Waals surface area contributed by atoms with Gasteiger partial charge in [-0.3, -0.25) is 4.79 Å². The Morgan fingerprint density at radius 1 is 1.47 bits per heavy atom. The van der Waals surface area contributed by atoms with Crippen LogP contribution in [-0.2, 0) is 0 Å². The van der Waals surface area contributed by atoms with E-state index in [1.54, 1.807) is 23.6 Å². The first-order valence-corrected chi connectivity index (χ1v) is 7.21. The molecule has 0 aromatic carbocycles. The minimum Gasteiger partial charge on any atom is -0.351 e. The fourth-order valence-electron chi connectivity index (χ4n) is 1.49. The lowest BCUT2D eigenvalue weighted by Crippen LogP contribution is -2.27. The maximum absolute atomic E-state index is 12.0. The van der Waals surface area contributed by atoms with Crippen LogP contribution in [0.1, 0.15) is 28.2 Å². The Kier molecular flexibility index (Phi) is 4.74. The summed E-state index contributed by atoms with van der Waals surface area (Å²) in [5.74, 6) is -0.111. The molecular formula is C12H11Cl2N3OS. The van der Waals surface area contributed by atoms with E-state index in [0.29, 0.717) is 12.1 Å². The molecule has 2 rings (SSSR count). The molecule has 0 spiro atoms. The molecule has 0 saturated carbocycles. The number of amides is 1. The summed E-state index contributed by atoms with van der Waals surface area (Å²) >= 11 is 13.1. The number of hydrogen-bond acceptors (Lipinski definition) is 4. The van der Waals surface area contributed by atoms with Gasteiger partial charge in [-0.25, -0.2) is 9.97 Å². The van der Waals surface area contributed by atoms with E-state index >= 15 is 0 Å². The van der Waals surface area contributed by atoms with Crippen molar-refractivity contribution in [3.8, 4) is 0 Å². The molecule has 0 aliphatic carbocycles. The Bertz CT molecular complexity index is 574. The van der Waals surface area contributed by atoms with Crippen LogP contribution >= 0.6 is 34.5 Å². The molecule has 1 N–H and O–H groups in total. The number of carbonyl (C=O) groups excluding carboxylic acids is 1. The zero-order valence-corrected chi connectivity index (χ0v) is 12.4. The van der Waals surface area contributed by atoms with Crippen molar-refractivity contribution in [2.75, 3.05) is 6.54 Å². The Balaban J connectivity index is 1.98. The number of nitrogens with zero attached hydrogens (tertiary/aromatic N) is 2. The summed E-state index contributed by atoms with van der Waals surface area (Å²) < 4.78 is 0. The molecule has 0 fully saturated rings. The van der Waals surface area contributed by atoms with Crippen molar-refractivity contribution in [2.24, 2.45) is 0 Å². The molecule has 1 amide bonds. The summed E-state index contributed by atoms with van der Waals surface area (Å²) in [6.45, 7) is 2.49. The zero-order valence-electron chi connectivity index (χ0n) is 10.1. The number of rotatable bonds is 4. The zero-order chi connectivity index (χ0) is 13.8. The molecule has 0 aliphatic rings. The molecule has 0 aliphatic heterocycles. The summed E-state index contributed by atoms with van der Waals surface area (Å²) in [6.07, 6.45) is 1.75. The minimum absolute atomic E-state index is 0.104. The molecule has 0 radical (unpaired) electrons. The molecule has 100 valence electrons. The monoisotopic (exact) mass is 315 g/mol. The highest BCUT2D eigenvalue weighted by molar-refractivity contribution is 7.09. The topological polar surface area (TPSA) is 54.9 Å². The fourth-order valence-corrected chi connectivity index (χ4v) is 2.62. The van der Waals surface area contributed by atoms with Crippen LogP contribution in [0.2, 0.25) is 10.3 Å². The normalized spacial score (nSPS) is 12.2. The van der Waals surface area contributed by atoms with Crippen molar-refractivity contribution >= 4 is 40.4 Å². The van der Waals surface area contributed by atoms with Crippen LogP contribution < -0.4 is 5.32 Å². The largest absolute Gasteiger partial charge is 0.351 e. The standard InChI is InChI=1S/C12H11Cl2N3OS/c1-7(12-15-4-5-19-12)6-16-11(18)8-2-3-9(13)17-10(8)14/h2-5,7H,6H2,1H3,(H,16,18). The first-order chi connectivity index (χ1) is 9.08. The van der Waals surface area contributed by atoms with E-state index in [9.17, 15) is 4.79 Å². The van der Waals surface area contributed by atoms with Crippen LogP contribution in [0.25, 0.3) is 0 Å². The molecule has 4 nitrogen and oxygen atoms in total. The SMILES string of the molecule is CC(CNC(=O)c1ccc(Cl)nc1Cl)c1nccs1. The number of halogens is 2. The number of aromatic nitrogens is 2. The summed E-state index contributed by atoms with van der Waals surface area (Å²) in [5.41, 5.74) is 0.317. The van der Waals surface area contributed by atoms with Crippen molar-refractivity contribution in [3.05, 3.63) is 44.6 Å². The van der Waals surface area contributed by atoms with Crippen molar-refractivity contribution < 1.29 is 4.79 Å². The van der Waals surface area contributed by atoms with Crippen LogP contribution in [0, 0.1) is 0 Å². The Hall–Kier alpha value is -1.17. The third-order valence-corrected chi connectivity index (χ3v) is 4.01. The number of nitrogens with one attached hydrogen (secondary N) is 1. The third-order valence-electron chi connectivity index (χ3n) is 2.50. The highest BCUT2D eigenvalue weighted by Gasteiger charge is 2.14. The second kappa shape index (κ2) is 6.32. The minimum atomic E-state index is -0.266. The van der Waals surface area contributed by atoms with Gasteiger partial charge in [0.25, 0.3) is 5.91 Å². The fraction of sp³-hybridized carbons (Fsp3) is 0.250. The Morgan fingerprint density at radius 2 is 2.26 bits per heavy atom. The molecular weight excluding hydrogens is 305 g/mol. The summed E-state index contributed by atoms with van der Waals surface area (Å²) in [5, 5.41) is 6.07. The van der Waals surface area contributed by atoms with Gasteiger partial charge in [0.2, 0.25) is 0 Å². The average Bonchev–Trinajstić information content (AvgIpc) is 2.89.